The van der Waals surface area contributed by atoms with Gasteiger partial charge in [-0.25, -0.2) is 4.79 Å². The van der Waals surface area contributed by atoms with E-state index < -0.39 is 5.60 Å². The van der Waals surface area contributed by atoms with Crippen LogP contribution in [-0.2, 0) is 4.74 Å². The van der Waals surface area contributed by atoms with E-state index in [4.69, 9.17) is 4.74 Å². The van der Waals surface area contributed by atoms with Gasteiger partial charge in [0.2, 0.25) is 0 Å². The lowest BCUT2D eigenvalue weighted by molar-refractivity contribution is -0.0681. The molecule has 114 valence electrons. The molecular weight excluding hydrogens is 250 g/mol. The molecule has 0 saturated heterocycles. The van der Waals surface area contributed by atoms with Crippen LogP contribution in [0.1, 0.15) is 59.3 Å². The fourth-order valence-corrected chi connectivity index (χ4v) is 5.39. The zero-order chi connectivity index (χ0) is 14.5. The highest BCUT2D eigenvalue weighted by atomic mass is 16.6. The first-order chi connectivity index (χ1) is 9.25. The van der Waals surface area contributed by atoms with Gasteiger partial charge in [-0.3, -0.25) is 0 Å². The lowest BCUT2D eigenvalue weighted by Crippen LogP contribution is -2.51. The van der Waals surface area contributed by atoms with Gasteiger partial charge in [-0.1, -0.05) is 0 Å². The average Bonchev–Trinajstić information content (AvgIpc) is 2.23. The molecule has 4 fully saturated rings. The lowest BCUT2D eigenvalue weighted by Gasteiger charge is -2.57. The van der Waals surface area contributed by atoms with Gasteiger partial charge in [-0.15, -0.1) is 0 Å². The summed E-state index contributed by atoms with van der Waals surface area (Å²) in [6, 6.07) is 0. The predicted molar refractivity (Wildman–Crippen MR) is 79.5 cm³/mol. The number of carbonyl (C=O) groups excluding carboxylic acids is 1. The second-order valence-electron chi connectivity index (χ2n) is 8.75. The predicted octanol–water partition coefficient (Wildman–Crippen LogP) is 4.07. The monoisotopic (exact) mass is 279 g/mol. The lowest BCUT2D eigenvalue weighted by atomic mass is 9.49. The minimum atomic E-state index is -0.396. The van der Waals surface area contributed by atoms with E-state index in [0.29, 0.717) is 5.41 Å². The van der Waals surface area contributed by atoms with Gasteiger partial charge in [-0.05, 0) is 82.5 Å². The second kappa shape index (κ2) is 4.64. The Balaban J connectivity index is 1.64. The molecule has 0 atom stereocenters. The Morgan fingerprint density at radius 2 is 1.55 bits per heavy atom. The Morgan fingerprint density at radius 3 is 1.95 bits per heavy atom. The number of hydrogen-bond donors (Lipinski definition) is 0. The van der Waals surface area contributed by atoms with Crippen LogP contribution in [0.25, 0.3) is 0 Å². The van der Waals surface area contributed by atoms with Crippen molar-refractivity contribution in [2.45, 2.75) is 64.9 Å². The van der Waals surface area contributed by atoms with Crippen molar-refractivity contribution >= 4 is 6.09 Å². The third-order valence-electron chi connectivity index (χ3n) is 5.44. The smallest absolute Gasteiger partial charge is 0.410 e. The zero-order valence-corrected chi connectivity index (χ0v) is 13.4. The highest BCUT2D eigenvalue weighted by molar-refractivity contribution is 5.67. The van der Waals surface area contributed by atoms with Gasteiger partial charge >= 0.3 is 6.09 Å². The maximum atomic E-state index is 12.2. The highest BCUT2D eigenvalue weighted by Crippen LogP contribution is 2.60. The topological polar surface area (TPSA) is 29.5 Å². The summed E-state index contributed by atoms with van der Waals surface area (Å²) >= 11 is 0. The van der Waals surface area contributed by atoms with Gasteiger partial charge in [0, 0.05) is 13.6 Å². The second-order valence-corrected chi connectivity index (χ2v) is 8.75. The Labute approximate surface area is 123 Å². The van der Waals surface area contributed by atoms with Crippen LogP contribution in [0.3, 0.4) is 0 Å². The van der Waals surface area contributed by atoms with Crippen LogP contribution >= 0.6 is 0 Å². The molecule has 4 aliphatic carbocycles. The molecule has 0 radical (unpaired) electrons. The molecule has 4 aliphatic rings. The van der Waals surface area contributed by atoms with Crippen molar-refractivity contribution < 1.29 is 9.53 Å². The van der Waals surface area contributed by atoms with Crippen molar-refractivity contribution in [3.05, 3.63) is 0 Å². The minimum Gasteiger partial charge on any atom is -0.444 e. The van der Waals surface area contributed by atoms with Crippen molar-refractivity contribution in [1.29, 1.82) is 0 Å². The summed E-state index contributed by atoms with van der Waals surface area (Å²) < 4.78 is 5.50. The molecule has 0 aromatic heterocycles. The number of amides is 1. The molecule has 0 spiro atoms. The van der Waals surface area contributed by atoms with Crippen molar-refractivity contribution in [3.8, 4) is 0 Å². The number of ether oxygens (including phenoxy) is 1. The third-order valence-corrected chi connectivity index (χ3v) is 5.44. The van der Waals surface area contributed by atoms with Crippen LogP contribution in [0.4, 0.5) is 4.79 Å². The SMILES string of the molecule is CN(CC12CC3CC(CC(C3)C1)C2)C(=O)OC(C)(C)C. The van der Waals surface area contributed by atoms with Crippen molar-refractivity contribution in [1.82, 2.24) is 4.90 Å². The van der Waals surface area contributed by atoms with Crippen LogP contribution < -0.4 is 0 Å². The molecule has 0 heterocycles. The molecule has 20 heavy (non-hydrogen) atoms. The molecule has 0 aromatic carbocycles. The molecule has 0 unspecified atom stereocenters. The van der Waals surface area contributed by atoms with Gasteiger partial charge < -0.3 is 9.64 Å². The van der Waals surface area contributed by atoms with Gasteiger partial charge in [0.05, 0.1) is 0 Å². The molecule has 0 aliphatic heterocycles. The average molecular weight is 279 g/mol. The standard InChI is InChI=1S/C17H29NO2/c1-16(2,3)20-15(19)18(4)11-17-8-12-5-13(9-17)7-14(6-12)10-17/h12-14H,5-11H2,1-4H3. The zero-order valence-electron chi connectivity index (χ0n) is 13.4. The number of nitrogens with zero attached hydrogens (tertiary/aromatic N) is 1. The molecule has 3 heteroatoms. The molecule has 0 N–H and O–H groups in total. The summed E-state index contributed by atoms with van der Waals surface area (Å²) in [6.45, 7) is 6.70. The van der Waals surface area contributed by atoms with Crippen LogP contribution in [0.2, 0.25) is 0 Å². The summed E-state index contributed by atoms with van der Waals surface area (Å²) in [4.78, 5) is 14.0. The molecule has 4 rings (SSSR count). The van der Waals surface area contributed by atoms with Crippen molar-refractivity contribution in [3.63, 3.8) is 0 Å². The van der Waals surface area contributed by atoms with E-state index >= 15 is 0 Å². The van der Waals surface area contributed by atoms with Crippen LogP contribution in [0, 0.1) is 23.2 Å². The summed E-state index contributed by atoms with van der Waals surface area (Å²) in [5.74, 6) is 2.81. The molecule has 4 saturated carbocycles. The number of rotatable bonds is 2. The summed E-state index contributed by atoms with van der Waals surface area (Å²) in [6.07, 6.45) is 8.22. The first-order valence-corrected chi connectivity index (χ1v) is 8.19. The van der Waals surface area contributed by atoms with Crippen molar-refractivity contribution in [2.75, 3.05) is 13.6 Å². The first kappa shape index (κ1) is 14.2. The molecule has 3 nitrogen and oxygen atoms in total. The molecule has 1 amide bonds. The van der Waals surface area contributed by atoms with E-state index in [0.717, 1.165) is 24.3 Å². The first-order valence-electron chi connectivity index (χ1n) is 8.19. The normalized spacial score (nSPS) is 38.9. The van der Waals surface area contributed by atoms with Crippen LogP contribution in [0.5, 0.6) is 0 Å². The van der Waals surface area contributed by atoms with Gasteiger partial charge in [-0.2, -0.15) is 0 Å². The summed E-state index contributed by atoms with van der Waals surface area (Å²) in [5, 5.41) is 0. The molecule has 4 bridgehead atoms. The van der Waals surface area contributed by atoms with Crippen LogP contribution in [-0.4, -0.2) is 30.2 Å². The van der Waals surface area contributed by atoms with E-state index in [-0.39, 0.29) is 6.09 Å². The fraction of sp³-hybridized carbons (Fsp3) is 0.941. The van der Waals surface area contributed by atoms with Gasteiger partial charge in [0.25, 0.3) is 0 Å². The molecular formula is C17H29NO2. The minimum absolute atomic E-state index is 0.159. The maximum absolute atomic E-state index is 12.2. The Kier molecular flexibility index (Phi) is 3.30. The highest BCUT2D eigenvalue weighted by Gasteiger charge is 2.51. The van der Waals surface area contributed by atoms with Gasteiger partial charge in [0.15, 0.2) is 0 Å². The Morgan fingerprint density at radius 1 is 1.10 bits per heavy atom. The number of hydrogen-bond acceptors (Lipinski definition) is 2. The van der Waals surface area contributed by atoms with E-state index in [1.807, 2.05) is 32.7 Å². The van der Waals surface area contributed by atoms with E-state index in [1.165, 1.54) is 38.5 Å². The van der Waals surface area contributed by atoms with Crippen LogP contribution in [0.15, 0.2) is 0 Å². The Bertz CT molecular complexity index is 361. The Hall–Kier alpha value is -0.730. The fourth-order valence-electron chi connectivity index (χ4n) is 5.39. The molecule has 0 aromatic rings. The van der Waals surface area contributed by atoms with E-state index in [2.05, 4.69) is 0 Å². The van der Waals surface area contributed by atoms with E-state index in [9.17, 15) is 4.79 Å². The van der Waals surface area contributed by atoms with E-state index in [1.54, 1.807) is 0 Å². The summed E-state index contributed by atoms with van der Waals surface area (Å²) in [5.41, 5.74) is 0.00716. The quantitative estimate of drug-likeness (QED) is 0.762. The summed E-state index contributed by atoms with van der Waals surface area (Å²) in [7, 11) is 1.91. The largest absolute Gasteiger partial charge is 0.444 e. The third kappa shape index (κ3) is 2.82. The number of carbonyl (C=O) groups is 1. The maximum Gasteiger partial charge on any atom is 0.410 e. The van der Waals surface area contributed by atoms with Gasteiger partial charge in [0.1, 0.15) is 5.60 Å². The van der Waals surface area contributed by atoms with Crippen molar-refractivity contribution in [2.24, 2.45) is 23.2 Å².